The minimum atomic E-state index is -0.662. The van der Waals surface area contributed by atoms with Crippen LogP contribution < -0.4 is 10.6 Å². The SMILES string of the molecule is CC1(C)c2nc(-c3ccc(F)cc3)c(N3CCC(N4CCCCC4)CC3)n2C=CN1C(=O)CN. The zero-order valence-electron chi connectivity index (χ0n) is 20.2. The first-order valence-electron chi connectivity index (χ1n) is 12.5. The van der Waals surface area contributed by atoms with Gasteiger partial charge in [0.1, 0.15) is 28.7 Å². The van der Waals surface area contributed by atoms with Gasteiger partial charge in [0, 0.05) is 37.1 Å². The number of amides is 1. The van der Waals surface area contributed by atoms with Crippen LogP contribution in [0.4, 0.5) is 10.2 Å². The first-order valence-corrected chi connectivity index (χ1v) is 12.5. The summed E-state index contributed by atoms with van der Waals surface area (Å²) in [6.45, 7) is 8.25. The van der Waals surface area contributed by atoms with Crippen molar-refractivity contribution in [2.24, 2.45) is 5.73 Å². The number of imidazole rings is 1. The van der Waals surface area contributed by atoms with E-state index in [1.807, 2.05) is 26.2 Å². The summed E-state index contributed by atoms with van der Waals surface area (Å²) in [5.41, 5.74) is 6.71. The highest BCUT2D eigenvalue weighted by Gasteiger charge is 2.40. The lowest BCUT2D eigenvalue weighted by molar-refractivity contribution is -0.132. The molecule has 2 saturated heterocycles. The van der Waals surface area contributed by atoms with Gasteiger partial charge in [0.15, 0.2) is 0 Å². The summed E-state index contributed by atoms with van der Waals surface area (Å²) in [4.78, 5) is 24.3. The number of nitrogens with zero attached hydrogens (tertiary/aromatic N) is 5. The largest absolute Gasteiger partial charge is 0.356 e. The number of halogens is 1. The normalized spacial score (nSPS) is 21.1. The number of fused-ring (bicyclic) bond motifs is 1. The number of aromatic nitrogens is 2. The number of rotatable bonds is 4. The van der Waals surface area contributed by atoms with Gasteiger partial charge in [-0.05, 0) is 76.9 Å². The summed E-state index contributed by atoms with van der Waals surface area (Å²) in [5.74, 6) is 1.38. The molecule has 34 heavy (non-hydrogen) atoms. The van der Waals surface area contributed by atoms with Gasteiger partial charge < -0.3 is 20.4 Å². The molecule has 1 aromatic heterocycles. The second kappa shape index (κ2) is 9.15. The summed E-state index contributed by atoms with van der Waals surface area (Å²) < 4.78 is 15.8. The van der Waals surface area contributed by atoms with E-state index in [2.05, 4.69) is 14.4 Å². The first kappa shape index (κ1) is 23.1. The molecule has 0 saturated carbocycles. The molecule has 8 heteroatoms. The van der Waals surface area contributed by atoms with Crippen LogP contribution in [0.5, 0.6) is 0 Å². The fourth-order valence-electron chi connectivity index (χ4n) is 5.75. The molecular weight excluding hydrogens is 431 g/mol. The van der Waals surface area contributed by atoms with Crippen molar-refractivity contribution in [2.45, 2.75) is 57.5 Å². The summed E-state index contributed by atoms with van der Waals surface area (Å²) in [7, 11) is 0. The molecule has 0 radical (unpaired) electrons. The van der Waals surface area contributed by atoms with Crippen LogP contribution in [0.3, 0.4) is 0 Å². The molecule has 4 heterocycles. The second-order valence-corrected chi connectivity index (χ2v) is 10.1. The predicted octanol–water partition coefficient (Wildman–Crippen LogP) is 3.61. The van der Waals surface area contributed by atoms with E-state index in [0.717, 1.165) is 48.8 Å². The maximum Gasteiger partial charge on any atom is 0.241 e. The summed E-state index contributed by atoms with van der Waals surface area (Å²) in [6, 6.07) is 7.16. The van der Waals surface area contributed by atoms with Gasteiger partial charge in [-0.25, -0.2) is 9.37 Å². The Balaban J connectivity index is 1.51. The van der Waals surface area contributed by atoms with Crippen molar-refractivity contribution < 1.29 is 9.18 Å². The van der Waals surface area contributed by atoms with E-state index in [9.17, 15) is 9.18 Å². The number of hydrogen-bond donors (Lipinski definition) is 1. The van der Waals surface area contributed by atoms with Crippen LogP contribution >= 0.6 is 0 Å². The fraction of sp³-hybridized carbons (Fsp3) is 0.538. The third kappa shape index (κ3) is 4.03. The second-order valence-electron chi connectivity index (χ2n) is 10.1. The zero-order valence-corrected chi connectivity index (χ0v) is 20.2. The monoisotopic (exact) mass is 466 g/mol. The molecule has 3 aliphatic heterocycles. The lowest BCUT2D eigenvalue weighted by atomic mass is 9.99. The van der Waals surface area contributed by atoms with Gasteiger partial charge in [0.25, 0.3) is 0 Å². The molecule has 5 rings (SSSR count). The average Bonchev–Trinajstić information content (AvgIpc) is 3.26. The number of benzene rings is 1. The lowest BCUT2D eigenvalue weighted by Gasteiger charge is -2.42. The molecule has 182 valence electrons. The predicted molar refractivity (Wildman–Crippen MR) is 133 cm³/mol. The molecule has 7 nitrogen and oxygen atoms in total. The first-order chi connectivity index (χ1) is 16.4. The van der Waals surface area contributed by atoms with E-state index in [4.69, 9.17) is 10.7 Å². The van der Waals surface area contributed by atoms with E-state index in [-0.39, 0.29) is 18.3 Å². The van der Waals surface area contributed by atoms with E-state index in [1.54, 1.807) is 17.0 Å². The molecule has 0 aliphatic carbocycles. The Morgan fingerprint density at radius 2 is 1.74 bits per heavy atom. The maximum atomic E-state index is 13.7. The van der Waals surface area contributed by atoms with Gasteiger partial charge in [0.05, 0.1) is 6.54 Å². The van der Waals surface area contributed by atoms with Crippen molar-refractivity contribution in [3.63, 3.8) is 0 Å². The number of anilines is 1. The Morgan fingerprint density at radius 1 is 1.06 bits per heavy atom. The summed E-state index contributed by atoms with van der Waals surface area (Å²) in [5, 5.41) is 0. The van der Waals surface area contributed by atoms with Gasteiger partial charge in [-0.1, -0.05) is 6.42 Å². The molecule has 3 aliphatic rings. The Labute approximate surface area is 201 Å². The number of hydrogen-bond acceptors (Lipinski definition) is 5. The van der Waals surface area contributed by atoms with Crippen molar-refractivity contribution in [1.29, 1.82) is 0 Å². The molecule has 1 aromatic carbocycles. The topological polar surface area (TPSA) is 70.6 Å². The number of likely N-dealkylation sites (tertiary alicyclic amines) is 1. The van der Waals surface area contributed by atoms with Crippen molar-refractivity contribution >= 4 is 17.9 Å². The quantitative estimate of drug-likeness (QED) is 0.746. The highest BCUT2D eigenvalue weighted by atomic mass is 19.1. The minimum absolute atomic E-state index is 0.0594. The van der Waals surface area contributed by atoms with Crippen molar-refractivity contribution in [3.8, 4) is 11.3 Å². The zero-order chi connectivity index (χ0) is 23.9. The van der Waals surface area contributed by atoms with E-state index in [1.165, 1.54) is 44.5 Å². The summed E-state index contributed by atoms with van der Waals surface area (Å²) in [6.07, 6.45) is 9.93. The molecular formula is C26H35FN6O. The number of carbonyl (C=O) groups excluding carboxylic acids is 1. The number of nitrogens with two attached hydrogens (primary N) is 1. The molecule has 0 atom stereocenters. The van der Waals surface area contributed by atoms with Crippen LogP contribution in [0.15, 0.2) is 30.5 Å². The van der Waals surface area contributed by atoms with Crippen LogP contribution in [0.25, 0.3) is 17.5 Å². The smallest absolute Gasteiger partial charge is 0.241 e. The minimum Gasteiger partial charge on any atom is -0.356 e. The van der Waals surface area contributed by atoms with Gasteiger partial charge in [0.2, 0.25) is 5.91 Å². The van der Waals surface area contributed by atoms with Crippen LogP contribution in [-0.4, -0.2) is 64.0 Å². The molecule has 2 N–H and O–H groups in total. The standard InChI is InChI=1S/C26H35FN6O/c1-26(2)25-29-23(19-6-8-20(27)9-7-19)24(32(25)16-17-33(26)22(34)18-28)31-14-10-21(11-15-31)30-12-4-3-5-13-30/h6-9,16-17,21H,3-5,10-15,18,28H2,1-2H3. The Bertz CT molecular complexity index is 1060. The third-order valence-electron chi connectivity index (χ3n) is 7.63. The molecule has 0 spiro atoms. The Kier molecular flexibility index (Phi) is 6.20. The average molecular weight is 467 g/mol. The van der Waals surface area contributed by atoms with Crippen molar-refractivity contribution in [2.75, 3.05) is 37.6 Å². The van der Waals surface area contributed by atoms with Crippen LogP contribution in [-0.2, 0) is 10.3 Å². The van der Waals surface area contributed by atoms with Crippen molar-refractivity contribution in [1.82, 2.24) is 19.4 Å². The van der Waals surface area contributed by atoms with Crippen LogP contribution in [0, 0.1) is 5.82 Å². The number of carbonyl (C=O) groups is 1. The van der Waals surface area contributed by atoms with Gasteiger partial charge in [-0.15, -0.1) is 0 Å². The van der Waals surface area contributed by atoms with Crippen LogP contribution in [0.1, 0.15) is 51.8 Å². The highest BCUT2D eigenvalue weighted by molar-refractivity contribution is 5.82. The molecule has 1 amide bonds. The number of piperidine rings is 2. The van der Waals surface area contributed by atoms with Crippen molar-refractivity contribution in [3.05, 3.63) is 42.1 Å². The molecule has 2 fully saturated rings. The van der Waals surface area contributed by atoms with Gasteiger partial charge in [-0.2, -0.15) is 0 Å². The van der Waals surface area contributed by atoms with E-state index in [0.29, 0.717) is 6.04 Å². The van der Waals surface area contributed by atoms with E-state index < -0.39 is 5.54 Å². The molecule has 2 aromatic rings. The maximum absolute atomic E-state index is 13.7. The summed E-state index contributed by atoms with van der Waals surface area (Å²) >= 11 is 0. The van der Waals surface area contributed by atoms with Gasteiger partial charge in [-0.3, -0.25) is 9.36 Å². The highest BCUT2D eigenvalue weighted by Crippen LogP contribution is 2.41. The molecule has 0 unspecified atom stereocenters. The van der Waals surface area contributed by atoms with Gasteiger partial charge >= 0.3 is 0 Å². The Morgan fingerprint density at radius 3 is 2.38 bits per heavy atom. The Hall–Kier alpha value is -2.71. The fourth-order valence-corrected chi connectivity index (χ4v) is 5.75. The van der Waals surface area contributed by atoms with E-state index >= 15 is 0 Å². The van der Waals surface area contributed by atoms with Crippen LogP contribution in [0.2, 0.25) is 0 Å². The third-order valence-corrected chi connectivity index (χ3v) is 7.63. The lowest BCUT2D eigenvalue weighted by Crippen LogP contribution is -2.48. The molecule has 0 bridgehead atoms.